The zero-order valence-electron chi connectivity index (χ0n) is 10.6. The first-order chi connectivity index (χ1) is 8.77. The van der Waals surface area contributed by atoms with Crippen LogP contribution in [0.3, 0.4) is 0 Å². The third-order valence-electron chi connectivity index (χ3n) is 4.10. The molecule has 1 saturated carbocycles. The van der Waals surface area contributed by atoms with Gasteiger partial charge < -0.3 is 0 Å². The van der Waals surface area contributed by atoms with E-state index in [1.807, 2.05) is 30.3 Å². The molecule has 2 heteroatoms. The minimum atomic E-state index is 0.192. The second kappa shape index (κ2) is 4.52. The second-order valence-corrected chi connectivity index (χ2v) is 5.26. The number of ketones is 1. The van der Waals surface area contributed by atoms with Gasteiger partial charge in [-0.3, -0.25) is 9.78 Å². The van der Waals surface area contributed by atoms with Gasteiger partial charge in [-0.25, -0.2) is 0 Å². The van der Waals surface area contributed by atoms with Gasteiger partial charge in [0.1, 0.15) is 0 Å². The van der Waals surface area contributed by atoms with Gasteiger partial charge in [0.2, 0.25) is 0 Å². The first-order valence-electron chi connectivity index (χ1n) is 6.65. The topological polar surface area (TPSA) is 30.0 Å². The Morgan fingerprint density at radius 3 is 2.83 bits per heavy atom. The fourth-order valence-corrected chi connectivity index (χ4v) is 3.04. The number of aromatic nitrogens is 1. The summed E-state index contributed by atoms with van der Waals surface area (Å²) in [5.74, 6) is 0.985. The van der Waals surface area contributed by atoms with Crippen LogP contribution in [0.1, 0.15) is 36.5 Å². The van der Waals surface area contributed by atoms with E-state index in [1.54, 1.807) is 6.20 Å². The van der Waals surface area contributed by atoms with Crippen LogP contribution in [0, 0.1) is 11.8 Å². The highest BCUT2D eigenvalue weighted by molar-refractivity contribution is 6.07. The molecule has 2 nitrogen and oxygen atoms in total. The summed E-state index contributed by atoms with van der Waals surface area (Å²) in [7, 11) is 0. The van der Waals surface area contributed by atoms with Crippen LogP contribution >= 0.6 is 0 Å². The van der Waals surface area contributed by atoms with Gasteiger partial charge in [0.25, 0.3) is 0 Å². The molecule has 2 aromatic rings. The number of hydrogen-bond acceptors (Lipinski definition) is 2. The Labute approximate surface area is 107 Å². The Balaban J connectivity index is 2.06. The van der Waals surface area contributed by atoms with Crippen LogP contribution in [0.4, 0.5) is 0 Å². The molecule has 0 amide bonds. The van der Waals surface area contributed by atoms with Gasteiger partial charge in [-0.1, -0.05) is 31.5 Å². The molecule has 2 unspecified atom stereocenters. The minimum Gasteiger partial charge on any atom is -0.294 e. The standard InChI is InChI=1S/C16H17NO/c1-11-5-2-8-13(11)16(18)14-9-3-6-12-7-4-10-17-15(12)14/h3-4,6-7,9-11,13H,2,5,8H2,1H3. The number of fused-ring (bicyclic) bond motifs is 1. The van der Waals surface area contributed by atoms with E-state index in [0.717, 1.165) is 22.9 Å². The first-order valence-corrected chi connectivity index (χ1v) is 6.65. The largest absolute Gasteiger partial charge is 0.294 e. The molecule has 2 atom stereocenters. The number of carbonyl (C=O) groups is 1. The minimum absolute atomic E-state index is 0.192. The summed E-state index contributed by atoms with van der Waals surface area (Å²) in [5, 5.41) is 1.05. The number of para-hydroxylation sites is 1. The maximum absolute atomic E-state index is 12.6. The van der Waals surface area contributed by atoms with Crippen molar-refractivity contribution in [2.45, 2.75) is 26.2 Å². The van der Waals surface area contributed by atoms with Gasteiger partial charge in [-0.05, 0) is 30.9 Å². The maximum atomic E-state index is 12.6. The van der Waals surface area contributed by atoms with Crippen LogP contribution in [0.15, 0.2) is 36.5 Å². The number of benzene rings is 1. The normalized spacial score (nSPS) is 23.4. The lowest BCUT2D eigenvalue weighted by Crippen LogP contribution is -2.17. The molecule has 0 spiro atoms. The predicted octanol–water partition coefficient (Wildman–Crippen LogP) is 3.85. The van der Waals surface area contributed by atoms with Gasteiger partial charge in [-0.2, -0.15) is 0 Å². The molecule has 18 heavy (non-hydrogen) atoms. The number of nitrogens with zero attached hydrogens (tertiary/aromatic N) is 1. The average Bonchev–Trinajstić information content (AvgIpc) is 2.83. The smallest absolute Gasteiger partial charge is 0.168 e. The molecular weight excluding hydrogens is 222 g/mol. The highest BCUT2D eigenvalue weighted by Gasteiger charge is 2.31. The molecule has 1 aliphatic rings. The highest BCUT2D eigenvalue weighted by Crippen LogP contribution is 2.34. The third-order valence-corrected chi connectivity index (χ3v) is 4.10. The van der Waals surface area contributed by atoms with E-state index in [0.29, 0.717) is 5.92 Å². The Morgan fingerprint density at radius 2 is 2.06 bits per heavy atom. The van der Waals surface area contributed by atoms with Crippen LogP contribution in [-0.2, 0) is 0 Å². The molecule has 0 radical (unpaired) electrons. The molecule has 3 rings (SSSR count). The summed E-state index contributed by atoms with van der Waals surface area (Å²) >= 11 is 0. The lowest BCUT2D eigenvalue weighted by Gasteiger charge is -2.14. The van der Waals surface area contributed by atoms with E-state index in [2.05, 4.69) is 11.9 Å². The molecule has 0 bridgehead atoms. The van der Waals surface area contributed by atoms with Gasteiger partial charge >= 0.3 is 0 Å². The number of hydrogen-bond donors (Lipinski definition) is 0. The van der Waals surface area contributed by atoms with Gasteiger partial charge in [0, 0.05) is 23.1 Å². The van der Waals surface area contributed by atoms with Crippen LogP contribution in [-0.4, -0.2) is 10.8 Å². The number of pyridine rings is 1. The molecule has 0 N–H and O–H groups in total. The van der Waals surface area contributed by atoms with E-state index in [-0.39, 0.29) is 11.7 Å². The lowest BCUT2D eigenvalue weighted by atomic mass is 9.89. The Bertz CT molecular complexity index is 585. The molecule has 0 saturated heterocycles. The first kappa shape index (κ1) is 11.4. The van der Waals surface area contributed by atoms with Crippen molar-refractivity contribution >= 4 is 16.7 Å². The molecular formula is C16H17NO. The fourth-order valence-electron chi connectivity index (χ4n) is 3.04. The molecule has 1 aromatic carbocycles. The summed E-state index contributed by atoms with van der Waals surface area (Å²) in [5.41, 5.74) is 1.65. The molecule has 92 valence electrons. The SMILES string of the molecule is CC1CCCC1C(=O)c1cccc2cccnc12. The molecule has 1 fully saturated rings. The van der Waals surface area contributed by atoms with Crippen molar-refractivity contribution in [1.29, 1.82) is 0 Å². The summed E-state index contributed by atoms with van der Waals surface area (Å²) in [6.07, 6.45) is 5.14. The average molecular weight is 239 g/mol. The number of carbonyl (C=O) groups excluding carboxylic acids is 1. The highest BCUT2D eigenvalue weighted by atomic mass is 16.1. The summed E-state index contributed by atoms with van der Waals surface area (Å²) in [6, 6.07) is 9.81. The van der Waals surface area contributed by atoms with Crippen molar-refractivity contribution in [3.05, 3.63) is 42.1 Å². The predicted molar refractivity (Wildman–Crippen MR) is 72.6 cm³/mol. The van der Waals surface area contributed by atoms with Crippen LogP contribution < -0.4 is 0 Å². The summed E-state index contributed by atoms with van der Waals surface area (Å²) < 4.78 is 0. The van der Waals surface area contributed by atoms with E-state index in [4.69, 9.17) is 0 Å². The maximum Gasteiger partial charge on any atom is 0.168 e. The quantitative estimate of drug-likeness (QED) is 0.745. The van der Waals surface area contributed by atoms with Crippen molar-refractivity contribution in [2.24, 2.45) is 11.8 Å². The second-order valence-electron chi connectivity index (χ2n) is 5.26. The summed E-state index contributed by atoms with van der Waals surface area (Å²) in [4.78, 5) is 17.0. The van der Waals surface area contributed by atoms with Gasteiger partial charge in [0.15, 0.2) is 5.78 Å². The van der Waals surface area contributed by atoms with Gasteiger partial charge in [-0.15, -0.1) is 0 Å². The van der Waals surface area contributed by atoms with E-state index in [1.165, 1.54) is 12.8 Å². The van der Waals surface area contributed by atoms with Gasteiger partial charge in [0.05, 0.1) is 5.52 Å². The molecule has 1 aromatic heterocycles. The third kappa shape index (κ3) is 1.82. The van der Waals surface area contributed by atoms with Crippen molar-refractivity contribution in [3.8, 4) is 0 Å². The Kier molecular flexibility index (Phi) is 2.86. The Hall–Kier alpha value is -1.70. The van der Waals surface area contributed by atoms with Crippen molar-refractivity contribution in [1.82, 2.24) is 4.98 Å². The monoisotopic (exact) mass is 239 g/mol. The fraction of sp³-hybridized carbons (Fsp3) is 0.375. The van der Waals surface area contributed by atoms with Crippen molar-refractivity contribution < 1.29 is 4.79 Å². The molecule has 0 aliphatic heterocycles. The van der Waals surface area contributed by atoms with Crippen molar-refractivity contribution in [2.75, 3.05) is 0 Å². The summed E-state index contributed by atoms with van der Waals surface area (Å²) in [6.45, 7) is 2.19. The van der Waals surface area contributed by atoms with Crippen molar-refractivity contribution in [3.63, 3.8) is 0 Å². The zero-order valence-corrected chi connectivity index (χ0v) is 10.6. The molecule has 1 aliphatic carbocycles. The van der Waals surface area contributed by atoms with Crippen LogP contribution in [0.25, 0.3) is 10.9 Å². The molecule has 1 heterocycles. The van der Waals surface area contributed by atoms with E-state index in [9.17, 15) is 4.79 Å². The lowest BCUT2D eigenvalue weighted by molar-refractivity contribution is 0.0898. The number of rotatable bonds is 2. The van der Waals surface area contributed by atoms with E-state index >= 15 is 0 Å². The van der Waals surface area contributed by atoms with E-state index < -0.39 is 0 Å². The van der Waals surface area contributed by atoms with Crippen LogP contribution in [0.5, 0.6) is 0 Å². The van der Waals surface area contributed by atoms with Crippen LogP contribution in [0.2, 0.25) is 0 Å². The zero-order chi connectivity index (χ0) is 12.5. The Morgan fingerprint density at radius 1 is 1.22 bits per heavy atom. The number of Topliss-reactive ketones (excluding diaryl/α,β-unsaturated/α-hetero) is 1.